The van der Waals surface area contributed by atoms with Gasteiger partial charge < -0.3 is 15.8 Å². The molecule has 31 heavy (non-hydrogen) atoms. The van der Waals surface area contributed by atoms with E-state index < -0.39 is 0 Å². The van der Waals surface area contributed by atoms with Gasteiger partial charge >= 0.3 is 0 Å². The number of ether oxygens (including phenoxy) is 1. The fourth-order valence-corrected chi connectivity index (χ4v) is 4.06. The van der Waals surface area contributed by atoms with E-state index in [0.29, 0.717) is 24.3 Å². The Balaban J connectivity index is 0.000000423. The molecule has 0 saturated heterocycles. The smallest absolute Gasteiger partial charge is 0.255 e. The number of nitrogens with one attached hydrogen (secondary N) is 1. The van der Waals surface area contributed by atoms with Crippen molar-refractivity contribution in [3.63, 3.8) is 0 Å². The van der Waals surface area contributed by atoms with E-state index in [9.17, 15) is 9.59 Å². The Morgan fingerprint density at radius 3 is 2.19 bits per heavy atom. The number of carbonyl (C=O) groups excluding carboxylic acids is 2. The van der Waals surface area contributed by atoms with E-state index >= 15 is 0 Å². The molecular formula is C26H34N2O3. The Kier molecular flexibility index (Phi) is 9.32. The fourth-order valence-electron chi connectivity index (χ4n) is 4.06. The number of hydrogen-bond acceptors (Lipinski definition) is 3. The quantitative estimate of drug-likeness (QED) is 0.631. The van der Waals surface area contributed by atoms with Crippen LogP contribution in [0, 0.1) is 0 Å². The summed E-state index contributed by atoms with van der Waals surface area (Å²) in [5, 5.41) is 3.16. The third kappa shape index (κ3) is 7.28. The molecule has 1 saturated carbocycles. The second-order valence-electron chi connectivity index (χ2n) is 8.19. The van der Waals surface area contributed by atoms with Crippen molar-refractivity contribution in [3.05, 3.63) is 77.9 Å². The van der Waals surface area contributed by atoms with Gasteiger partial charge in [-0.3, -0.25) is 9.59 Å². The van der Waals surface area contributed by atoms with Gasteiger partial charge in [0, 0.05) is 18.4 Å². The highest BCUT2D eigenvalue weighted by atomic mass is 16.5. The van der Waals surface area contributed by atoms with Gasteiger partial charge in [-0.2, -0.15) is 0 Å². The van der Waals surface area contributed by atoms with E-state index in [1.54, 1.807) is 14.0 Å². The molecule has 1 fully saturated rings. The number of carbonyl (C=O) groups is 2. The van der Waals surface area contributed by atoms with E-state index in [0.717, 1.165) is 18.4 Å². The zero-order valence-corrected chi connectivity index (χ0v) is 18.7. The minimum atomic E-state index is -0.312. The lowest BCUT2D eigenvalue weighted by Crippen LogP contribution is -2.42. The molecule has 166 valence electrons. The molecule has 3 N–H and O–H groups in total. The Bertz CT molecular complexity index is 859. The number of nitrogens with two attached hydrogens (primary N) is 1. The highest BCUT2D eigenvalue weighted by Crippen LogP contribution is 2.39. The third-order valence-corrected chi connectivity index (χ3v) is 5.61. The Morgan fingerprint density at radius 2 is 1.65 bits per heavy atom. The normalized spacial score (nSPS) is 14.5. The maximum atomic E-state index is 12.6. The van der Waals surface area contributed by atoms with Crippen LogP contribution in [0.3, 0.4) is 0 Å². The molecule has 5 heteroatoms. The molecule has 0 atom stereocenters. The van der Waals surface area contributed by atoms with Crippen molar-refractivity contribution in [1.29, 1.82) is 0 Å². The number of rotatable bonds is 7. The zero-order valence-electron chi connectivity index (χ0n) is 18.7. The van der Waals surface area contributed by atoms with Crippen LogP contribution < -0.4 is 15.8 Å². The zero-order chi connectivity index (χ0) is 22.7. The Hall–Kier alpha value is -3.08. The first kappa shape index (κ1) is 24.2. The Morgan fingerprint density at radius 1 is 1.03 bits per heavy atom. The summed E-state index contributed by atoms with van der Waals surface area (Å²) in [7, 11) is 1.60. The lowest BCUT2D eigenvalue weighted by Gasteiger charge is -2.38. The highest BCUT2D eigenvalue weighted by Gasteiger charge is 2.34. The van der Waals surface area contributed by atoms with E-state index in [4.69, 9.17) is 10.5 Å². The van der Waals surface area contributed by atoms with Crippen LogP contribution in [-0.4, -0.2) is 25.5 Å². The second-order valence-corrected chi connectivity index (χ2v) is 8.19. The average molecular weight is 423 g/mol. The van der Waals surface area contributed by atoms with Crippen molar-refractivity contribution in [2.45, 2.75) is 50.9 Å². The highest BCUT2D eigenvalue weighted by molar-refractivity contribution is 5.96. The van der Waals surface area contributed by atoms with Crippen molar-refractivity contribution in [2.75, 3.05) is 13.7 Å². The minimum absolute atomic E-state index is 0.0528. The number of para-hydroxylation sites is 1. The molecule has 2 aromatic carbocycles. The second kappa shape index (κ2) is 11.9. The molecule has 3 rings (SSSR count). The summed E-state index contributed by atoms with van der Waals surface area (Å²) in [5.74, 6) is 0.244. The van der Waals surface area contributed by atoms with Crippen molar-refractivity contribution >= 4 is 11.8 Å². The van der Waals surface area contributed by atoms with E-state index in [2.05, 4.69) is 36.2 Å². The molecule has 0 spiro atoms. The lowest BCUT2D eigenvalue weighted by molar-refractivity contribution is -0.117. The lowest BCUT2D eigenvalue weighted by atomic mass is 9.69. The molecule has 2 aromatic rings. The third-order valence-electron chi connectivity index (χ3n) is 5.61. The standard InChI is InChI=1S/C21H25NO2.C5H9NO/c1-24-19-13-7-6-12-18(19)20(23)22-16-21(14-8-3-9-15-21)17-10-4-2-5-11-17;1-4(2)3-5(6)7/h2,4-7,10-13H,3,8-9,14-16H2,1H3,(H,22,23);1,3H2,2H3,(H2,6,7). The van der Waals surface area contributed by atoms with Gasteiger partial charge in [0.25, 0.3) is 5.91 Å². The van der Waals surface area contributed by atoms with Gasteiger partial charge in [0.2, 0.25) is 5.91 Å². The maximum Gasteiger partial charge on any atom is 0.255 e. The van der Waals surface area contributed by atoms with Gasteiger partial charge in [0.15, 0.2) is 0 Å². The Labute approximate surface area is 185 Å². The minimum Gasteiger partial charge on any atom is -0.496 e. The molecule has 0 aromatic heterocycles. The predicted octanol–water partition coefficient (Wildman–Crippen LogP) is 4.77. The van der Waals surface area contributed by atoms with E-state index in [1.807, 2.05) is 30.3 Å². The van der Waals surface area contributed by atoms with Gasteiger partial charge in [-0.05, 0) is 37.5 Å². The summed E-state index contributed by atoms with van der Waals surface area (Å²) in [4.78, 5) is 22.6. The van der Waals surface area contributed by atoms with Crippen LogP contribution in [0.5, 0.6) is 5.75 Å². The van der Waals surface area contributed by atoms with Crippen molar-refractivity contribution in [2.24, 2.45) is 5.73 Å². The predicted molar refractivity (Wildman–Crippen MR) is 125 cm³/mol. The number of benzene rings is 2. The molecule has 0 heterocycles. The van der Waals surface area contributed by atoms with Crippen LogP contribution >= 0.6 is 0 Å². The van der Waals surface area contributed by atoms with Crippen molar-refractivity contribution in [3.8, 4) is 5.75 Å². The first-order valence-electron chi connectivity index (χ1n) is 10.8. The molecule has 2 amide bonds. The van der Waals surface area contributed by atoms with Crippen LogP contribution in [0.25, 0.3) is 0 Å². The molecule has 1 aliphatic rings. The molecular weight excluding hydrogens is 388 g/mol. The number of primary amides is 1. The van der Waals surface area contributed by atoms with Gasteiger partial charge in [0.1, 0.15) is 5.75 Å². The molecule has 5 nitrogen and oxygen atoms in total. The van der Waals surface area contributed by atoms with Crippen LogP contribution in [-0.2, 0) is 10.2 Å². The van der Waals surface area contributed by atoms with Crippen LogP contribution in [0.2, 0.25) is 0 Å². The van der Waals surface area contributed by atoms with Crippen LogP contribution in [0.15, 0.2) is 66.7 Å². The summed E-state index contributed by atoms with van der Waals surface area (Å²) < 4.78 is 5.31. The number of amides is 2. The van der Waals surface area contributed by atoms with Gasteiger partial charge in [-0.15, -0.1) is 0 Å². The van der Waals surface area contributed by atoms with Crippen LogP contribution in [0.4, 0.5) is 0 Å². The summed E-state index contributed by atoms with van der Waals surface area (Å²) in [6.45, 7) is 5.94. The number of methoxy groups -OCH3 is 1. The van der Waals surface area contributed by atoms with Gasteiger partial charge in [-0.1, -0.05) is 73.9 Å². The van der Waals surface area contributed by atoms with E-state index in [1.165, 1.54) is 24.8 Å². The summed E-state index contributed by atoms with van der Waals surface area (Å²) >= 11 is 0. The van der Waals surface area contributed by atoms with Crippen molar-refractivity contribution in [1.82, 2.24) is 5.32 Å². The first-order valence-corrected chi connectivity index (χ1v) is 10.8. The molecule has 0 unspecified atom stereocenters. The topological polar surface area (TPSA) is 81.4 Å². The molecule has 0 aliphatic heterocycles. The molecule has 0 radical (unpaired) electrons. The summed E-state index contributed by atoms with van der Waals surface area (Å²) in [6.07, 6.45) is 6.29. The molecule has 1 aliphatic carbocycles. The summed E-state index contributed by atoms with van der Waals surface area (Å²) in [6, 6.07) is 18.0. The van der Waals surface area contributed by atoms with Crippen molar-refractivity contribution < 1.29 is 14.3 Å². The maximum absolute atomic E-state index is 12.6. The largest absolute Gasteiger partial charge is 0.496 e. The molecule has 0 bridgehead atoms. The fraction of sp³-hybridized carbons (Fsp3) is 0.385. The van der Waals surface area contributed by atoms with Gasteiger partial charge in [-0.25, -0.2) is 0 Å². The van der Waals surface area contributed by atoms with E-state index in [-0.39, 0.29) is 17.2 Å². The van der Waals surface area contributed by atoms with Crippen LogP contribution in [0.1, 0.15) is 61.4 Å². The number of hydrogen-bond donors (Lipinski definition) is 2. The monoisotopic (exact) mass is 422 g/mol. The average Bonchev–Trinajstić information content (AvgIpc) is 2.78. The summed E-state index contributed by atoms with van der Waals surface area (Å²) in [5.41, 5.74) is 7.59. The van der Waals surface area contributed by atoms with Gasteiger partial charge in [0.05, 0.1) is 12.7 Å². The SMILES string of the molecule is C=C(C)CC(N)=O.COc1ccccc1C(=O)NCC1(c2ccccc2)CCCCC1. The first-order chi connectivity index (χ1) is 14.9.